The van der Waals surface area contributed by atoms with Gasteiger partial charge in [-0.25, -0.2) is 0 Å². The van der Waals surface area contributed by atoms with Gasteiger partial charge in [-0.3, -0.25) is 19.8 Å². The second kappa shape index (κ2) is 7.97. The number of amides is 1. The van der Waals surface area contributed by atoms with Gasteiger partial charge in [0.15, 0.2) is 0 Å². The van der Waals surface area contributed by atoms with Crippen LogP contribution < -0.4 is 10.2 Å². The van der Waals surface area contributed by atoms with Crippen molar-refractivity contribution in [3.05, 3.63) is 64.7 Å². The number of hydrogen-bond acceptors (Lipinski definition) is 5. The van der Waals surface area contributed by atoms with Crippen LogP contribution >= 0.6 is 0 Å². The number of rotatable bonds is 5. The average molecular weight is 354 g/mol. The summed E-state index contributed by atoms with van der Waals surface area (Å²) in [4.78, 5) is 27.5. The Bertz CT molecular complexity index is 773. The Labute approximate surface area is 152 Å². The lowest BCUT2D eigenvalue weighted by atomic mass is 10.2. The van der Waals surface area contributed by atoms with Crippen LogP contribution in [0.25, 0.3) is 0 Å². The van der Waals surface area contributed by atoms with Crippen LogP contribution in [0.3, 0.4) is 0 Å². The molecule has 1 fully saturated rings. The molecule has 2 aromatic carbocycles. The Morgan fingerprint density at radius 2 is 1.65 bits per heavy atom. The first-order chi connectivity index (χ1) is 12.6. The quantitative estimate of drug-likeness (QED) is 0.660. The molecule has 1 aliphatic rings. The summed E-state index contributed by atoms with van der Waals surface area (Å²) >= 11 is 0. The van der Waals surface area contributed by atoms with Gasteiger partial charge in [-0.2, -0.15) is 0 Å². The zero-order chi connectivity index (χ0) is 18.5. The number of para-hydroxylation sites is 3. The Balaban J connectivity index is 1.59. The summed E-state index contributed by atoms with van der Waals surface area (Å²) in [5, 5.41) is 13.8. The molecule has 1 saturated heterocycles. The SMILES string of the molecule is C[C@@H](C(=O)Nc1ccccc1[N+](=O)[O-])N1CCN(c2ccccc2)CC1. The van der Waals surface area contributed by atoms with Gasteiger partial charge >= 0.3 is 0 Å². The minimum atomic E-state index is -0.487. The summed E-state index contributed by atoms with van der Waals surface area (Å²) in [6.07, 6.45) is 0. The third-order valence-corrected chi connectivity index (χ3v) is 4.72. The fourth-order valence-corrected chi connectivity index (χ4v) is 3.15. The first kappa shape index (κ1) is 17.9. The fraction of sp³-hybridized carbons (Fsp3) is 0.316. The lowest BCUT2D eigenvalue weighted by Crippen LogP contribution is -2.52. The number of carbonyl (C=O) groups is 1. The Kier molecular flexibility index (Phi) is 5.48. The summed E-state index contributed by atoms with van der Waals surface area (Å²) in [5.41, 5.74) is 1.32. The van der Waals surface area contributed by atoms with Gasteiger partial charge in [0, 0.05) is 37.9 Å². The molecule has 0 spiro atoms. The highest BCUT2D eigenvalue weighted by molar-refractivity contribution is 5.96. The molecule has 1 aliphatic heterocycles. The summed E-state index contributed by atoms with van der Waals surface area (Å²) in [6.45, 7) is 5.04. The standard InChI is InChI=1S/C19H22N4O3/c1-15(19(24)20-17-9-5-6-10-18(17)23(25)26)21-11-13-22(14-12-21)16-7-3-2-4-8-16/h2-10,15H,11-14H2,1H3,(H,20,24)/t15-/m0/s1. The first-order valence-corrected chi connectivity index (χ1v) is 8.64. The minimum absolute atomic E-state index is 0.0954. The maximum absolute atomic E-state index is 12.5. The normalized spacial score (nSPS) is 16.1. The predicted octanol–water partition coefficient (Wildman–Crippen LogP) is 2.74. The second-order valence-electron chi connectivity index (χ2n) is 6.30. The van der Waals surface area contributed by atoms with E-state index in [0.29, 0.717) is 0 Å². The maximum Gasteiger partial charge on any atom is 0.292 e. The van der Waals surface area contributed by atoms with Crippen LogP contribution in [-0.4, -0.2) is 48.0 Å². The molecule has 0 saturated carbocycles. The van der Waals surface area contributed by atoms with Crippen molar-refractivity contribution in [1.82, 2.24) is 4.90 Å². The van der Waals surface area contributed by atoms with Crippen molar-refractivity contribution in [2.75, 3.05) is 36.4 Å². The Morgan fingerprint density at radius 3 is 2.31 bits per heavy atom. The zero-order valence-corrected chi connectivity index (χ0v) is 14.7. The third kappa shape index (κ3) is 4.00. The highest BCUT2D eigenvalue weighted by Crippen LogP contribution is 2.24. The molecule has 0 aromatic heterocycles. The van der Waals surface area contributed by atoms with Gasteiger partial charge in [-0.1, -0.05) is 30.3 Å². The fourth-order valence-electron chi connectivity index (χ4n) is 3.15. The van der Waals surface area contributed by atoms with Gasteiger partial charge < -0.3 is 10.2 Å². The van der Waals surface area contributed by atoms with Crippen molar-refractivity contribution < 1.29 is 9.72 Å². The van der Waals surface area contributed by atoms with Crippen LogP contribution in [0.5, 0.6) is 0 Å². The molecule has 0 aliphatic carbocycles. The Hall–Kier alpha value is -2.93. The molecule has 1 amide bonds. The molecular weight excluding hydrogens is 332 g/mol. The summed E-state index contributed by atoms with van der Waals surface area (Å²) in [6, 6.07) is 16.0. The molecule has 7 heteroatoms. The third-order valence-electron chi connectivity index (χ3n) is 4.72. The largest absolute Gasteiger partial charge is 0.369 e. The van der Waals surface area contributed by atoms with E-state index in [-0.39, 0.29) is 23.3 Å². The lowest BCUT2D eigenvalue weighted by Gasteiger charge is -2.38. The summed E-state index contributed by atoms with van der Waals surface area (Å²) in [5.74, 6) is -0.229. The summed E-state index contributed by atoms with van der Waals surface area (Å²) < 4.78 is 0. The van der Waals surface area contributed by atoms with E-state index in [9.17, 15) is 14.9 Å². The van der Waals surface area contributed by atoms with E-state index < -0.39 is 4.92 Å². The first-order valence-electron chi connectivity index (χ1n) is 8.64. The molecule has 0 unspecified atom stereocenters. The second-order valence-corrected chi connectivity index (χ2v) is 6.30. The number of hydrogen-bond donors (Lipinski definition) is 1. The van der Waals surface area contributed by atoms with Crippen molar-refractivity contribution in [2.24, 2.45) is 0 Å². The molecule has 1 heterocycles. The van der Waals surface area contributed by atoms with Gasteiger partial charge in [0.2, 0.25) is 5.91 Å². The van der Waals surface area contributed by atoms with E-state index in [4.69, 9.17) is 0 Å². The minimum Gasteiger partial charge on any atom is -0.369 e. The van der Waals surface area contributed by atoms with E-state index in [0.717, 1.165) is 26.2 Å². The number of nitrogens with zero attached hydrogens (tertiary/aromatic N) is 3. The molecule has 1 atom stereocenters. The van der Waals surface area contributed by atoms with Crippen LogP contribution in [0.4, 0.5) is 17.1 Å². The van der Waals surface area contributed by atoms with E-state index in [1.807, 2.05) is 25.1 Å². The molecule has 136 valence electrons. The van der Waals surface area contributed by atoms with Crippen LogP contribution in [0.2, 0.25) is 0 Å². The molecule has 0 radical (unpaired) electrons. The number of anilines is 2. The van der Waals surface area contributed by atoms with Crippen molar-refractivity contribution in [3.63, 3.8) is 0 Å². The number of nitro groups is 1. The highest BCUT2D eigenvalue weighted by Gasteiger charge is 2.27. The number of nitro benzene ring substituents is 1. The maximum atomic E-state index is 12.5. The average Bonchev–Trinajstić information content (AvgIpc) is 2.68. The van der Waals surface area contributed by atoms with Gasteiger partial charge in [0.25, 0.3) is 5.69 Å². The van der Waals surface area contributed by atoms with Crippen molar-refractivity contribution in [3.8, 4) is 0 Å². The van der Waals surface area contributed by atoms with E-state index >= 15 is 0 Å². The van der Waals surface area contributed by atoms with Crippen LogP contribution in [0.1, 0.15) is 6.92 Å². The number of piperazine rings is 1. The van der Waals surface area contributed by atoms with Crippen molar-refractivity contribution in [1.29, 1.82) is 0 Å². The number of nitrogens with one attached hydrogen (secondary N) is 1. The van der Waals surface area contributed by atoms with Gasteiger partial charge in [-0.15, -0.1) is 0 Å². The molecule has 1 N–H and O–H groups in total. The number of carbonyl (C=O) groups excluding carboxylic acids is 1. The topological polar surface area (TPSA) is 78.7 Å². The number of benzene rings is 2. The lowest BCUT2D eigenvalue weighted by molar-refractivity contribution is -0.383. The summed E-state index contributed by atoms with van der Waals surface area (Å²) in [7, 11) is 0. The van der Waals surface area contributed by atoms with Crippen LogP contribution in [0.15, 0.2) is 54.6 Å². The van der Waals surface area contributed by atoms with Gasteiger partial charge in [0.05, 0.1) is 11.0 Å². The smallest absolute Gasteiger partial charge is 0.292 e. The monoisotopic (exact) mass is 354 g/mol. The molecule has 2 aromatic rings. The highest BCUT2D eigenvalue weighted by atomic mass is 16.6. The van der Waals surface area contributed by atoms with E-state index in [2.05, 4.69) is 27.2 Å². The molecule has 0 bridgehead atoms. The Morgan fingerprint density at radius 1 is 1.04 bits per heavy atom. The van der Waals surface area contributed by atoms with Gasteiger partial charge in [0.1, 0.15) is 5.69 Å². The molecular formula is C19H22N4O3. The molecule has 7 nitrogen and oxygen atoms in total. The predicted molar refractivity (Wildman–Crippen MR) is 101 cm³/mol. The van der Waals surface area contributed by atoms with Gasteiger partial charge in [-0.05, 0) is 25.1 Å². The molecule has 3 rings (SSSR count). The van der Waals surface area contributed by atoms with Crippen LogP contribution in [0, 0.1) is 10.1 Å². The van der Waals surface area contributed by atoms with E-state index in [1.165, 1.54) is 11.8 Å². The molecule has 26 heavy (non-hydrogen) atoms. The van der Waals surface area contributed by atoms with Crippen molar-refractivity contribution >= 4 is 23.0 Å². The van der Waals surface area contributed by atoms with E-state index in [1.54, 1.807) is 18.2 Å². The van der Waals surface area contributed by atoms with Crippen molar-refractivity contribution in [2.45, 2.75) is 13.0 Å². The zero-order valence-electron chi connectivity index (χ0n) is 14.7. The van der Waals surface area contributed by atoms with Crippen LogP contribution in [-0.2, 0) is 4.79 Å².